The van der Waals surface area contributed by atoms with Crippen LogP contribution >= 0.6 is 0 Å². The Morgan fingerprint density at radius 1 is 1.19 bits per heavy atom. The van der Waals surface area contributed by atoms with Crippen LogP contribution in [0.15, 0.2) is 30.6 Å². The number of nitrogens with zero attached hydrogens (tertiary/aromatic N) is 3. The van der Waals surface area contributed by atoms with Crippen LogP contribution in [0.1, 0.15) is 17.1 Å². The molecule has 2 aromatic heterocycles. The van der Waals surface area contributed by atoms with Crippen LogP contribution in [0, 0.1) is 0 Å². The summed E-state index contributed by atoms with van der Waals surface area (Å²) in [5, 5.41) is 0. The first kappa shape index (κ1) is 10.5. The number of nitrogens with two attached hydrogens (primary N) is 2. The van der Waals surface area contributed by atoms with Crippen LogP contribution in [0.4, 0.5) is 5.82 Å². The van der Waals surface area contributed by atoms with Crippen molar-refractivity contribution in [3.8, 4) is 0 Å². The third-order valence-electron chi connectivity index (χ3n) is 2.23. The summed E-state index contributed by atoms with van der Waals surface area (Å²) in [5.74, 6) is 1.11. The first-order chi connectivity index (χ1) is 7.79. The van der Waals surface area contributed by atoms with Crippen molar-refractivity contribution >= 4 is 5.82 Å². The number of hydrogen-bond acceptors (Lipinski definition) is 5. The second-order valence-corrected chi connectivity index (χ2v) is 3.40. The predicted octanol–water partition coefficient (Wildman–Crippen LogP) is 0.503. The Morgan fingerprint density at radius 3 is 2.69 bits per heavy atom. The van der Waals surface area contributed by atoms with Gasteiger partial charge in [0, 0.05) is 30.2 Å². The highest BCUT2D eigenvalue weighted by molar-refractivity contribution is 5.37. The van der Waals surface area contributed by atoms with Gasteiger partial charge in [-0.3, -0.25) is 4.98 Å². The Balaban J connectivity index is 2.20. The lowest BCUT2D eigenvalue weighted by Crippen LogP contribution is -2.08. The minimum absolute atomic E-state index is 0.357. The van der Waals surface area contributed by atoms with E-state index in [1.165, 1.54) is 0 Å². The number of aromatic nitrogens is 3. The van der Waals surface area contributed by atoms with Crippen LogP contribution in [0.3, 0.4) is 0 Å². The minimum atomic E-state index is 0.357. The van der Waals surface area contributed by atoms with E-state index in [9.17, 15) is 0 Å². The molecule has 2 aromatic rings. The van der Waals surface area contributed by atoms with Crippen molar-refractivity contribution in [3.63, 3.8) is 0 Å². The minimum Gasteiger partial charge on any atom is -0.383 e. The van der Waals surface area contributed by atoms with Gasteiger partial charge in [-0.05, 0) is 12.1 Å². The zero-order chi connectivity index (χ0) is 11.4. The van der Waals surface area contributed by atoms with E-state index < -0.39 is 0 Å². The first-order valence-electron chi connectivity index (χ1n) is 5.00. The van der Waals surface area contributed by atoms with Gasteiger partial charge in [0.25, 0.3) is 0 Å². The molecule has 4 N–H and O–H groups in total. The molecule has 0 amide bonds. The van der Waals surface area contributed by atoms with E-state index >= 15 is 0 Å². The zero-order valence-electron chi connectivity index (χ0n) is 8.80. The van der Waals surface area contributed by atoms with Gasteiger partial charge in [-0.1, -0.05) is 6.07 Å². The van der Waals surface area contributed by atoms with Gasteiger partial charge in [-0.2, -0.15) is 0 Å². The molecule has 0 spiro atoms. The highest BCUT2D eigenvalue weighted by Crippen LogP contribution is 2.08. The lowest BCUT2D eigenvalue weighted by molar-refractivity contribution is 0.913. The summed E-state index contributed by atoms with van der Waals surface area (Å²) in [5.41, 5.74) is 12.9. The van der Waals surface area contributed by atoms with E-state index in [0.717, 1.165) is 11.3 Å². The molecule has 16 heavy (non-hydrogen) atoms. The van der Waals surface area contributed by atoms with Crippen molar-refractivity contribution in [2.24, 2.45) is 5.73 Å². The highest BCUT2D eigenvalue weighted by atomic mass is 14.9. The van der Waals surface area contributed by atoms with Crippen LogP contribution in [0.5, 0.6) is 0 Å². The molecule has 0 fully saturated rings. The molecule has 0 unspecified atom stereocenters. The molecule has 0 aliphatic carbocycles. The molecule has 82 valence electrons. The Morgan fingerprint density at radius 2 is 2.06 bits per heavy atom. The summed E-state index contributed by atoms with van der Waals surface area (Å²) in [4.78, 5) is 12.6. The summed E-state index contributed by atoms with van der Waals surface area (Å²) in [6, 6.07) is 5.73. The molecule has 0 radical (unpaired) electrons. The van der Waals surface area contributed by atoms with Gasteiger partial charge in [-0.25, -0.2) is 9.97 Å². The van der Waals surface area contributed by atoms with Crippen molar-refractivity contribution in [1.82, 2.24) is 15.0 Å². The molecule has 0 aliphatic rings. The molecule has 2 heterocycles. The van der Waals surface area contributed by atoms with E-state index in [0.29, 0.717) is 24.6 Å². The topological polar surface area (TPSA) is 90.7 Å². The average molecular weight is 215 g/mol. The quantitative estimate of drug-likeness (QED) is 0.778. The monoisotopic (exact) mass is 215 g/mol. The number of pyridine rings is 1. The summed E-state index contributed by atoms with van der Waals surface area (Å²) >= 11 is 0. The second-order valence-electron chi connectivity index (χ2n) is 3.40. The number of rotatable bonds is 3. The molecule has 2 rings (SSSR count). The average Bonchev–Trinajstić information content (AvgIpc) is 2.31. The van der Waals surface area contributed by atoms with Crippen LogP contribution in [-0.4, -0.2) is 15.0 Å². The fourth-order valence-electron chi connectivity index (χ4n) is 1.37. The van der Waals surface area contributed by atoms with Crippen LogP contribution < -0.4 is 11.5 Å². The summed E-state index contributed by atoms with van der Waals surface area (Å²) in [6.07, 6.45) is 3.99. The van der Waals surface area contributed by atoms with Crippen LogP contribution in [0.2, 0.25) is 0 Å². The molecule has 0 aromatic carbocycles. The van der Waals surface area contributed by atoms with E-state index in [4.69, 9.17) is 11.5 Å². The lowest BCUT2D eigenvalue weighted by Gasteiger charge is -2.04. The maximum Gasteiger partial charge on any atom is 0.136 e. The van der Waals surface area contributed by atoms with Crippen molar-refractivity contribution in [1.29, 1.82) is 0 Å². The van der Waals surface area contributed by atoms with E-state index in [1.807, 2.05) is 18.2 Å². The SMILES string of the molecule is NCc1cnc(Cc2ccccn2)nc1N. The second kappa shape index (κ2) is 4.67. The maximum atomic E-state index is 5.73. The fourth-order valence-corrected chi connectivity index (χ4v) is 1.37. The van der Waals surface area contributed by atoms with Gasteiger partial charge in [0.2, 0.25) is 0 Å². The summed E-state index contributed by atoms with van der Waals surface area (Å²) in [6.45, 7) is 0.357. The Kier molecular flexibility index (Phi) is 3.07. The van der Waals surface area contributed by atoms with Crippen molar-refractivity contribution in [2.45, 2.75) is 13.0 Å². The molecule has 5 heteroatoms. The first-order valence-corrected chi connectivity index (χ1v) is 5.00. The largest absolute Gasteiger partial charge is 0.383 e. The number of nitrogen functional groups attached to an aromatic ring is 1. The van der Waals surface area contributed by atoms with Gasteiger partial charge in [0.1, 0.15) is 11.6 Å². The van der Waals surface area contributed by atoms with E-state index in [-0.39, 0.29) is 0 Å². The third-order valence-corrected chi connectivity index (χ3v) is 2.23. The van der Waals surface area contributed by atoms with Crippen molar-refractivity contribution in [2.75, 3.05) is 5.73 Å². The predicted molar refractivity (Wildman–Crippen MR) is 61.4 cm³/mol. The third kappa shape index (κ3) is 2.32. The van der Waals surface area contributed by atoms with Crippen molar-refractivity contribution < 1.29 is 0 Å². The Bertz CT molecular complexity index is 469. The van der Waals surface area contributed by atoms with Crippen LogP contribution in [-0.2, 0) is 13.0 Å². The van der Waals surface area contributed by atoms with Gasteiger partial charge in [-0.15, -0.1) is 0 Å². The molecule has 0 atom stereocenters. The van der Waals surface area contributed by atoms with E-state index in [1.54, 1.807) is 12.4 Å². The van der Waals surface area contributed by atoms with E-state index in [2.05, 4.69) is 15.0 Å². The summed E-state index contributed by atoms with van der Waals surface area (Å²) < 4.78 is 0. The van der Waals surface area contributed by atoms with Gasteiger partial charge >= 0.3 is 0 Å². The normalized spacial score (nSPS) is 10.3. The molecule has 0 aliphatic heterocycles. The fraction of sp³-hybridized carbons (Fsp3) is 0.182. The highest BCUT2D eigenvalue weighted by Gasteiger charge is 2.04. The zero-order valence-corrected chi connectivity index (χ0v) is 8.80. The van der Waals surface area contributed by atoms with Gasteiger partial charge in [0.15, 0.2) is 0 Å². The Labute approximate surface area is 93.6 Å². The molecular formula is C11H13N5. The Hall–Kier alpha value is -2.01. The molecule has 5 nitrogen and oxygen atoms in total. The standard InChI is InChI=1S/C11H13N5/c12-6-8-7-15-10(16-11(8)13)5-9-3-1-2-4-14-9/h1-4,7H,5-6,12H2,(H2,13,15,16). The molecular weight excluding hydrogens is 202 g/mol. The van der Waals surface area contributed by atoms with Gasteiger partial charge < -0.3 is 11.5 Å². The number of anilines is 1. The molecule has 0 saturated carbocycles. The molecule has 0 saturated heterocycles. The van der Waals surface area contributed by atoms with Crippen molar-refractivity contribution in [3.05, 3.63) is 47.7 Å². The molecule has 0 bridgehead atoms. The van der Waals surface area contributed by atoms with Crippen LogP contribution in [0.25, 0.3) is 0 Å². The van der Waals surface area contributed by atoms with Gasteiger partial charge in [0.05, 0.1) is 6.42 Å². The maximum absolute atomic E-state index is 5.73. The smallest absolute Gasteiger partial charge is 0.136 e. The lowest BCUT2D eigenvalue weighted by atomic mass is 10.2. The number of hydrogen-bond donors (Lipinski definition) is 2. The summed E-state index contributed by atoms with van der Waals surface area (Å²) in [7, 11) is 0.